The van der Waals surface area contributed by atoms with E-state index in [2.05, 4.69) is 4.98 Å². The highest BCUT2D eigenvalue weighted by Gasteiger charge is 2.12. The van der Waals surface area contributed by atoms with E-state index in [-0.39, 0.29) is 18.0 Å². The smallest absolute Gasteiger partial charge is 0.189 e. The quantitative estimate of drug-likeness (QED) is 0.548. The van der Waals surface area contributed by atoms with Gasteiger partial charge < -0.3 is 0 Å². The van der Waals surface area contributed by atoms with E-state index in [1.807, 2.05) is 6.92 Å². The molecular weight excluding hydrogens is 186 g/mol. The van der Waals surface area contributed by atoms with E-state index in [4.69, 9.17) is 0 Å². The van der Waals surface area contributed by atoms with Crippen molar-refractivity contribution in [3.8, 4) is 0 Å². The zero-order chi connectivity index (χ0) is 9.84. The van der Waals surface area contributed by atoms with Crippen molar-refractivity contribution >= 4 is 22.9 Å². The number of carbonyl (C=O) groups is 2. The molecule has 0 aliphatic carbocycles. The fourth-order valence-electron chi connectivity index (χ4n) is 0.886. The fraction of sp³-hybridized carbons (Fsp3) is 0.444. The van der Waals surface area contributed by atoms with Crippen molar-refractivity contribution in [1.29, 1.82) is 0 Å². The predicted molar refractivity (Wildman–Crippen MR) is 51.1 cm³/mol. The molecule has 3 nitrogen and oxygen atoms in total. The highest BCUT2D eigenvalue weighted by molar-refractivity contribution is 7.09. The van der Waals surface area contributed by atoms with Crippen LogP contribution in [0.2, 0.25) is 0 Å². The minimum Gasteiger partial charge on any atom is -0.299 e. The van der Waals surface area contributed by atoms with Crippen molar-refractivity contribution in [2.24, 2.45) is 0 Å². The lowest BCUT2D eigenvalue weighted by Crippen LogP contribution is -2.07. The third-order valence-electron chi connectivity index (χ3n) is 1.66. The molecule has 0 saturated carbocycles. The topological polar surface area (TPSA) is 47.0 Å². The molecule has 0 aliphatic heterocycles. The largest absolute Gasteiger partial charge is 0.299 e. The Morgan fingerprint density at radius 2 is 2.23 bits per heavy atom. The minimum absolute atomic E-state index is 0.0142. The van der Waals surface area contributed by atoms with Crippen molar-refractivity contribution in [2.75, 3.05) is 0 Å². The summed E-state index contributed by atoms with van der Waals surface area (Å²) in [4.78, 5) is 26.3. The first kappa shape index (κ1) is 10.1. The van der Waals surface area contributed by atoms with Gasteiger partial charge in [-0.05, 0) is 6.92 Å². The van der Waals surface area contributed by atoms with Crippen molar-refractivity contribution in [1.82, 2.24) is 4.98 Å². The molecule has 0 saturated heterocycles. The molecule has 0 aromatic carbocycles. The van der Waals surface area contributed by atoms with Gasteiger partial charge >= 0.3 is 0 Å². The van der Waals surface area contributed by atoms with Gasteiger partial charge in [0.25, 0.3) is 0 Å². The fourth-order valence-corrected chi connectivity index (χ4v) is 1.50. The predicted octanol–water partition coefficient (Wildman–Crippen LogP) is 2.00. The number of aryl methyl sites for hydroxylation is 1. The number of hydrogen-bond acceptors (Lipinski definition) is 4. The summed E-state index contributed by atoms with van der Waals surface area (Å²) >= 11 is 1.42. The maximum Gasteiger partial charge on any atom is 0.189 e. The molecule has 0 aliphatic rings. The van der Waals surface area contributed by atoms with Gasteiger partial charge in [-0.25, -0.2) is 4.98 Å². The number of hydrogen-bond donors (Lipinski definition) is 0. The molecule has 4 heteroatoms. The molecule has 0 bridgehead atoms. The van der Waals surface area contributed by atoms with Gasteiger partial charge in [-0.1, -0.05) is 6.92 Å². The molecule has 0 fully saturated rings. The standard InChI is InChI=1S/C9H11NO2S/c1-3-7(11)4-9(12)8-5-13-6(2)10-8/h5H,3-4H2,1-2H3. The lowest BCUT2D eigenvalue weighted by atomic mass is 10.1. The monoisotopic (exact) mass is 197 g/mol. The second kappa shape index (κ2) is 4.28. The summed E-state index contributed by atoms with van der Waals surface area (Å²) in [5, 5.41) is 2.55. The van der Waals surface area contributed by atoms with Gasteiger partial charge in [-0.15, -0.1) is 11.3 Å². The number of carbonyl (C=O) groups excluding carboxylic acids is 2. The van der Waals surface area contributed by atoms with Crippen LogP contribution in [0.25, 0.3) is 0 Å². The van der Waals surface area contributed by atoms with E-state index >= 15 is 0 Å². The average molecular weight is 197 g/mol. The summed E-state index contributed by atoms with van der Waals surface area (Å²) in [5.41, 5.74) is 0.421. The Morgan fingerprint density at radius 1 is 1.54 bits per heavy atom. The van der Waals surface area contributed by atoms with Crippen LogP contribution in [-0.4, -0.2) is 16.6 Å². The number of ketones is 2. The Balaban J connectivity index is 2.64. The molecule has 13 heavy (non-hydrogen) atoms. The maximum absolute atomic E-state index is 11.4. The lowest BCUT2D eigenvalue weighted by molar-refractivity contribution is -0.117. The Bertz CT molecular complexity index is 330. The van der Waals surface area contributed by atoms with Crippen LogP contribution in [0.3, 0.4) is 0 Å². The van der Waals surface area contributed by atoms with Crippen molar-refractivity contribution in [3.05, 3.63) is 16.1 Å². The third-order valence-corrected chi connectivity index (χ3v) is 2.43. The summed E-state index contributed by atoms with van der Waals surface area (Å²) < 4.78 is 0. The number of rotatable bonds is 4. The molecule has 0 amide bonds. The summed E-state index contributed by atoms with van der Waals surface area (Å²) in [7, 11) is 0. The lowest BCUT2D eigenvalue weighted by Gasteiger charge is -1.93. The average Bonchev–Trinajstić information content (AvgIpc) is 2.51. The van der Waals surface area contributed by atoms with E-state index < -0.39 is 0 Å². The first-order chi connectivity index (χ1) is 6.13. The number of nitrogens with zero attached hydrogens (tertiary/aromatic N) is 1. The molecule has 0 radical (unpaired) electrons. The van der Waals surface area contributed by atoms with Gasteiger partial charge in [0.2, 0.25) is 0 Å². The SMILES string of the molecule is CCC(=O)CC(=O)c1csc(C)n1. The zero-order valence-corrected chi connectivity index (χ0v) is 8.48. The Labute approximate surface area is 80.8 Å². The molecule has 0 atom stereocenters. The van der Waals surface area contributed by atoms with Gasteiger partial charge in [0.05, 0.1) is 11.4 Å². The molecule has 1 aromatic rings. The number of thiazole rings is 1. The molecular formula is C9H11NO2S. The molecule has 0 unspecified atom stereocenters. The van der Waals surface area contributed by atoms with Gasteiger partial charge in [0, 0.05) is 11.8 Å². The molecule has 70 valence electrons. The Hall–Kier alpha value is -1.03. The summed E-state index contributed by atoms with van der Waals surface area (Å²) in [5.74, 6) is -0.202. The first-order valence-corrected chi connectivity index (χ1v) is 4.98. The maximum atomic E-state index is 11.4. The normalized spacial score (nSPS) is 10.0. The molecule has 1 heterocycles. The Morgan fingerprint density at radius 3 is 2.69 bits per heavy atom. The van der Waals surface area contributed by atoms with E-state index in [9.17, 15) is 9.59 Å². The van der Waals surface area contributed by atoms with Crippen LogP contribution in [0.15, 0.2) is 5.38 Å². The molecule has 1 rings (SSSR count). The van der Waals surface area contributed by atoms with Crippen LogP contribution in [0.4, 0.5) is 0 Å². The van der Waals surface area contributed by atoms with Crippen LogP contribution in [0.5, 0.6) is 0 Å². The van der Waals surface area contributed by atoms with E-state index in [1.54, 1.807) is 12.3 Å². The second-order valence-corrected chi connectivity index (χ2v) is 3.81. The number of aromatic nitrogens is 1. The van der Waals surface area contributed by atoms with Crippen molar-refractivity contribution in [3.63, 3.8) is 0 Å². The van der Waals surface area contributed by atoms with Crippen molar-refractivity contribution in [2.45, 2.75) is 26.7 Å². The highest BCUT2D eigenvalue weighted by Crippen LogP contribution is 2.10. The molecule has 0 N–H and O–H groups in total. The van der Waals surface area contributed by atoms with Gasteiger partial charge in [-0.2, -0.15) is 0 Å². The highest BCUT2D eigenvalue weighted by atomic mass is 32.1. The summed E-state index contributed by atoms with van der Waals surface area (Å²) in [6.45, 7) is 3.59. The van der Waals surface area contributed by atoms with Crippen molar-refractivity contribution < 1.29 is 9.59 Å². The van der Waals surface area contributed by atoms with E-state index in [0.29, 0.717) is 12.1 Å². The minimum atomic E-state index is -0.170. The third kappa shape index (κ3) is 2.73. The van der Waals surface area contributed by atoms with Gasteiger partial charge in [0.1, 0.15) is 11.5 Å². The summed E-state index contributed by atoms with van der Waals surface area (Å²) in [6.07, 6.45) is 0.397. The van der Waals surface area contributed by atoms with E-state index in [0.717, 1.165) is 5.01 Å². The number of Topliss-reactive ketones (excluding diaryl/α,β-unsaturated/α-hetero) is 2. The van der Waals surface area contributed by atoms with Crippen LogP contribution in [0, 0.1) is 6.92 Å². The first-order valence-electron chi connectivity index (χ1n) is 4.10. The molecule has 1 aromatic heterocycles. The second-order valence-electron chi connectivity index (χ2n) is 2.74. The van der Waals surface area contributed by atoms with Crippen LogP contribution in [0.1, 0.15) is 35.3 Å². The van der Waals surface area contributed by atoms with E-state index in [1.165, 1.54) is 11.3 Å². The Kier molecular flexibility index (Phi) is 3.31. The van der Waals surface area contributed by atoms with Crippen LogP contribution in [-0.2, 0) is 4.79 Å². The van der Waals surface area contributed by atoms with Crippen LogP contribution < -0.4 is 0 Å². The zero-order valence-electron chi connectivity index (χ0n) is 7.66. The molecule has 0 spiro atoms. The van der Waals surface area contributed by atoms with Gasteiger partial charge in [-0.3, -0.25) is 9.59 Å². The summed E-state index contributed by atoms with van der Waals surface area (Å²) in [6, 6.07) is 0. The van der Waals surface area contributed by atoms with Crippen LogP contribution >= 0.6 is 11.3 Å². The van der Waals surface area contributed by atoms with Gasteiger partial charge in [0.15, 0.2) is 5.78 Å².